The molecule has 1 N–H and O–H groups in total. The van der Waals surface area contributed by atoms with Gasteiger partial charge >= 0.3 is 0 Å². The lowest BCUT2D eigenvalue weighted by molar-refractivity contribution is 0.102. The molecule has 0 unspecified atom stereocenters. The van der Waals surface area contributed by atoms with Crippen molar-refractivity contribution in [2.75, 3.05) is 5.32 Å². The molecule has 3 rings (SSSR count). The monoisotopic (exact) mass is 387 g/mol. The van der Waals surface area contributed by atoms with Gasteiger partial charge in [-0.3, -0.25) is 4.79 Å². The predicted molar refractivity (Wildman–Crippen MR) is 95.1 cm³/mol. The molecule has 0 aliphatic heterocycles. The van der Waals surface area contributed by atoms with Crippen molar-refractivity contribution < 1.29 is 9.18 Å². The second-order valence-electron chi connectivity index (χ2n) is 5.37. The molecule has 4 nitrogen and oxygen atoms in total. The molecule has 1 amide bonds. The van der Waals surface area contributed by atoms with Crippen molar-refractivity contribution in [3.8, 4) is 5.69 Å². The van der Waals surface area contributed by atoms with Crippen LogP contribution in [0.1, 0.15) is 21.7 Å². The maximum absolute atomic E-state index is 13.9. The van der Waals surface area contributed by atoms with Gasteiger partial charge in [-0.1, -0.05) is 34.1 Å². The average molecular weight is 388 g/mol. The summed E-state index contributed by atoms with van der Waals surface area (Å²) in [7, 11) is 0. The van der Waals surface area contributed by atoms with Crippen LogP contribution in [0.15, 0.2) is 53.0 Å². The van der Waals surface area contributed by atoms with Crippen LogP contribution in [0.3, 0.4) is 0 Å². The number of benzene rings is 2. The number of aromatic nitrogens is 2. The summed E-state index contributed by atoms with van der Waals surface area (Å²) in [5.74, 6) is -0.878. The normalized spacial score (nSPS) is 10.7. The molecule has 0 saturated carbocycles. The zero-order chi connectivity index (χ0) is 17.3. The van der Waals surface area contributed by atoms with Crippen LogP contribution in [-0.4, -0.2) is 15.7 Å². The van der Waals surface area contributed by atoms with E-state index in [1.807, 2.05) is 37.3 Å². The molecule has 24 heavy (non-hydrogen) atoms. The van der Waals surface area contributed by atoms with Crippen LogP contribution in [0.4, 0.5) is 10.1 Å². The van der Waals surface area contributed by atoms with Crippen LogP contribution in [-0.2, 0) is 0 Å². The number of carbonyl (C=O) groups is 1. The Morgan fingerprint density at radius 2 is 1.88 bits per heavy atom. The SMILES string of the molecule is Cc1nn(-c2ccccc2)c(C)c1C(=O)Nc1ccc(Br)cc1F. The van der Waals surface area contributed by atoms with Gasteiger partial charge in [-0.25, -0.2) is 9.07 Å². The highest BCUT2D eigenvalue weighted by Crippen LogP contribution is 2.22. The number of para-hydroxylation sites is 1. The van der Waals surface area contributed by atoms with Gasteiger partial charge in [0.15, 0.2) is 0 Å². The third-order valence-corrected chi connectivity index (χ3v) is 4.19. The quantitative estimate of drug-likeness (QED) is 0.711. The maximum atomic E-state index is 13.9. The molecule has 122 valence electrons. The van der Waals surface area contributed by atoms with Crippen LogP contribution < -0.4 is 5.32 Å². The molecule has 0 saturated heterocycles. The minimum absolute atomic E-state index is 0.134. The highest BCUT2D eigenvalue weighted by atomic mass is 79.9. The Bertz CT molecular complexity index is 906. The Morgan fingerprint density at radius 3 is 2.54 bits per heavy atom. The Morgan fingerprint density at radius 1 is 1.17 bits per heavy atom. The molecule has 0 aliphatic rings. The highest BCUT2D eigenvalue weighted by Gasteiger charge is 2.20. The van der Waals surface area contributed by atoms with E-state index < -0.39 is 5.82 Å². The van der Waals surface area contributed by atoms with Crippen molar-refractivity contribution in [1.29, 1.82) is 0 Å². The second-order valence-corrected chi connectivity index (χ2v) is 6.29. The summed E-state index contributed by atoms with van der Waals surface area (Å²) < 4.78 is 16.3. The van der Waals surface area contributed by atoms with Gasteiger partial charge in [-0.2, -0.15) is 5.10 Å². The first kappa shape index (κ1) is 16.4. The number of rotatable bonds is 3. The molecule has 3 aromatic rings. The van der Waals surface area contributed by atoms with E-state index in [1.54, 1.807) is 17.7 Å². The third kappa shape index (κ3) is 3.10. The van der Waals surface area contributed by atoms with Gasteiger partial charge in [0.05, 0.1) is 28.3 Å². The average Bonchev–Trinajstić information content (AvgIpc) is 2.85. The minimum atomic E-state index is -0.497. The van der Waals surface area contributed by atoms with E-state index in [-0.39, 0.29) is 11.6 Å². The van der Waals surface area contributed by atoms with Crippen molar-refractivity contribution >= 4 is 27.5 Å². The van der Waals surface area contributed by atoms with Crippen LogP contribution in [0.5, 0.6) is 0 Å². The van der Waals surface area contributed by atoms with Crippen molar-refractivity contribution in [3.63, 3.8) is 0 Å². The lowest BCUT2D eigenvalue weighted by Crippen LogP contribution is -2.15. The lowest BCUT2D eigenvalue weighted by atomic mass is 10.1. The predicted octanol–water partition coefficient (Wildman–Crippen LogP) is 4.64. The minimum Gasteiger partial charge on any atom is -0.319 e. The van der Waals surface area contributed by atoms with Gasteiger partial charge in [0.2, 0.25) is 0 Å². The Labute approximate surface area is 147 Å². The summed E-state index contributed by atoms with van der Waals surface area (Å²) >= 11 is 3.19. The van der Waals surface area contributed by atoms with Crippen LogP contribution in [0.25, 0.3) is 5.69 Å². The Kier molecular flexibility index (Phi) is 4.49. The van der Waals surface area contributed by atoms with E-state index >= 15 is 0 Å². The molecule has 6 heteroatoms. The molecule has 0 spiro atoms. The van der Waals surface area contributed by atoms with Gasteiger partial charge in [0.1, 0.15) is 5.82 Å². The van der Waals surface area contributed by atoms with Crippen LogP contribution >= 0.6 is 15.9 Å². The van der Waals surface area contributed by atoms with Gasteiger partial charge in [-0.05, 0) is 44.2 Å². The smallest absolute Gasteiger partial charge is 0.259 e. The van der Waals surface area contributed by atoms with Crippen molar-refractivity contribution in [1.82, 2.24) is 9.78 Å². The molecule has 0 radical (unpaired) electrons. The fourth-order valence-corrected chi connectivity index (χ4v) is 2.90. The number of amides is 1. The number of hydrogen-bond acceptors (Lipinski definition) is 2. The van der Waals surface area contributed by atoms with Gasteiger partial charge in [-0.15, -0.1) is 0 Å². The van der Waals surface area contributed by atoms with E-state index in [1.165, 1.54) is 12.1 Å². The number of nitrogens with zero attached hydrogens (tertiary/aromatic N) is 2. The summed E-state index contributed by atoms with van der Waals surface area (Å²) in [5.41, 5.74) is 2.74. The largest absolute Gasteiger partial charge is 0.319 e. The highest BCUT2D eigenvalue weighted by molar-refractivity contribution is 9.10. The molecule has 0 atom stereocenters. The van der Waals surface area contributed by atoms with E-state index in [9.17, 15) is 9.18 Å². The zero-order valence-electron chi connectivity index (χ0n) is 13.2. The number of halogens is 2. The summed E-state index contributed by atoms with van der Waals surface area (Å²) in [5, 5.41) is 7.05. The molecule has 0 fully saturated rings. The summed E-state index contributed by atoms with van der Waals surface area (Å²) in [4.78, 5) is 12.6. The molecule has 0 aliphatic carbocycles. The molecule has 0 bridgehead atoms. The van der Waals surface area contributed by atoms with Crippen LogP contribution in [0, 0.1) is 19.7 Å². The first-order valence-corrected chi connectivity index (χ1v) is 8.14. The van der Waals surface area contributed by atoms with Gasteiger partial charge < -0.3 is 5.32 Å². The van der Waals surface area contributed by atoms with Crippen LogP contribution in [0.2, 0.25) is 0 Å². The standard InChI is InChI=1S/C18H15BrFN3O/c1-11-17(12(2)23(22-11)14-6-4-3-5-7-14)18(24)21-16-9-8-13(19)10-15(16)20/h3-10H,1-2H3,(H,21,24). The number of carbonyl (C=O) groups excluding carboxylic acids is 1. The third-order valence-electron chi connectivity index (χ3n) is 3.70. The molecular weight excluding hydrogens is 373 g/mol. The second kappa shape index (κ2) is 6.57. The number of anilines is 1. The molecule has 2 aromatic carbocycles. The molecular formula is C18H15BrFN3O. The lowest BCUT2D eigenvalue weighted by Gasteiger charge is -2.08. The van der Waals surface area contributed by atoms with E-state index in [2.05, 4.69) is 26.3 Å². The summed E-state index contributed by atoms with van der Waals surface area (Å²) in [6, 6.07) is 14.0. The van der Waals surface area contributed by atoms with Crippen molar-refractivity contribution in [2.45, 2.75) is 13.8 Å². The molecule has 1 aromatic heterocycles. The Balaban J connectivity index is 1.95. The number of aryl methyl sites for hydroxylation is 1. The van der Waals surface area contributed by atoms with E-state index in [0.29, 0.717) is 21.4 Å². The van der Waals surface area contributed by atoms with Crippen molar-refractivity contribution in [3.05, 3.63) is 75.8 Å². The fourth-order valence-electron chi connectivity index (χ4n) is 2.57. The van der Waals surface area contributed by atoms with Gasteiger partial charge in [0, 0.05) is 4.47 Å². The van der Waals surface area contributed by atoms with Gasteiger partial charge in [0.25, 0.3) is 5.91 Å². The number of hydrogen-bond donors (Lipinski definition) is 1. The zero-order valence-corrected chi connectivity index (χ0v) is 14.8. The van der Waals surface area contributed by atoms with E-state index in [0.717, 1.165) is 5.69 Å². The fraction of sp³-hybridized carbons (Fsp3) is 0.111. The summed E-state index contributed by atoms with van der Waals surface area (Å²) in [6.07, 6.45) is 0. The molecule has 1 heterocycles. The number of nitrogens with one attached hydrogen (secondary N) is 1. The topological polar surface area (TPSA) is 46.9 Å². The van der Waals surface area contributed by atoms with Crippen molar-refractivity contribution in [2.24, 2.45) is 0 Å². The summed E-state index contributed by atoms with van der Waals surface area (Å²) in [6.45, 7) is 3.58. The first-order chi connectivity index (χ1) is 11.5. The maximum Gasteiger partial charge on any atom is 0.259 e. The first-order valence-electron chi connectivity index (χ1n) is 7.35. The Hall–Kier alpha value is -2.47. The van der Waals surface area contributed by atoms with E-state index in [4.69, 9.17) is 0 Å².